The monoisotopic (exact) mass is 289 g/mol. The fourth-order valence-corrected chi connectivity index (χ4v) is 3.45. The molecule has 2 aliphatic rings. The minimum absolute atomic E-state index is 0.00733. The number of rotatable bonds is 6. The third-order valence-electron chi connectivity index (χ3n) is 4.73. The summed E-state index contributed by atoms with van der Waals surface area (Å²) in [6, 6.07) is 2.05. The molecular weight excluding hydrogens is 266 g/mol. The molecule has 0 radical (unpaired) electrons. The number of aromatic nitrogens is 1. The molecule has 0 aliphatic heterocycles. The first-order valence-electron chi connectivity index (χ1n) is 8.00. The highest BCUT2D eigenvalue weighted by Gasteiger charge is 2.62. The summed E-state index contributed by atoms with van der Waals surface area (Å²) in [5.41, 5.74) is 2.54. The summed E-state index contributed by atoms with van der Waals surface area (Å²) >= 11 is 0. The number of unbranched alkanes of at least 4 members (excludes halogenated alkanes) is 1. The van der Waals surface area contributed by atoms with Crippen LogP contribution in [0.1, 0.15) is 50.7 Å². The molecule has 2 unspecified atom stereocenters. The summed E-state index contributed by atoms with van der Waals surface area (Å²) in [6.07, 6.45) is 7.03. The number of esters is 1. The largest absolute Gasteiger partial charge is 0.478 e. The van der Waals surface area contributed by atoms with Gasteiger partial charge in [-0.15, -0.1) is 0 Å². The van der Waals surface area contributed by atoms with Crippen LogP contribution in [-0.2, 0) is 21.4 Å². The standard InChI is InChI=1S/C17H23NO3/c1-3-5-8-21-15-9-13-12(11-18-15)6-7-17(13)10-14(17)16(19)20-4-2/h9,11,14H,3-8,10H2,1-2H3. The Labute approximate surface area is 125 Å². The molecule has 114 valence electrons. The highest BCUT2D eigenvalue weighted by Crippen LogP contribution is 2.62. The molecule has 0 aromatic carbocycles. The van der Waals surface area contributed by atoms with Crippen molar-refractivity contribution >= 4 is 5.97 Å². The van der Waals surface area contributed by atoms with Crippen molar-refractivity contribution in [1.29, 1.82) is 0 Å². The third kappa shape index (κ3) is 2.52. The van der Waals surface area contributed by atoms with Gasteiger partial charge in [-0.05, 0) is 43.7 Å². The van der Waals surface area contributed by atoms with Crippen LogP contribution in [0.4, 0.5) is 0 Å². The van der Waals surface area contributed by atoms with E-state index in [0.717, 1.165) is 32.1 Å². The zero-order chi connectivity index (χ0) is 14.9. The van der Waals surface area contributed by atoms with Crippen molar-refractivity contribution in [3.63, 3.8) is 0 Å². The van der Waals surface area contributed by atoms with Gasteiger partial charge in [0, 0.05) is 17.7 Å². The number of fused-ring (bicyclic) bond motifs is 2. The lowest BCUT2D eigenvalue weighted by Gasteiger charge is -2.12. The minimum Gasteiger partial charge on any atom is -0.478 e. The molecule has 21 heavy (non-hydrogen) atoms. The second-order valence-corrected chi connectivity index (χ2v) is 6.05. The normalized spacial score (nSPS) is 25.7. The van der Waals surface area contributed by atoms with E-state index in [1.54, 1.807) is 0 Å². The molecule has 0 bridgehead atoms. The van der Waals surface area contributed by atoms with Crippen LogP contribution in [0.15, 0.2) is 12.3 Å². The first-order chi connectivity index (χ1) is 10.2. The summed E-state index contributed by atoms with van der Waals surface area (Å²) in [4.78, 5) is 16.4. The summed E-state index contributed by atoms with van der Waals surface area (Å²) in [6.45, 7) is 5.17. The van der Waals surface area contributed by atoms with E-state index in [2.05, 4.69) is 18.0 Å². The Morgan fingerprint density at radius 1 is 1.48 bits per heavy atom. The molecule has 1 aromatic rings. The van der Waals surface area contributed by atoms with E-state index in [0.29, 0.717) is 19.1 Å². The predicted molar refractivity (Wildman–Crippen MR) is 79.4 cm³/mol. The molecule has 2 aliphatic carbocycles. The van der Waals surface area contributed by atoms with Crippen LogP contribution in [0.5, 0.6) is 5.88 Å². The van der Waals surface area contributed by atoms with Crippen molar-refractivity contribution in [1.82, 2.24) is 4.98 Å². The highest BCUT2D eigenvalue weighted by atomic mass is 16.5. The predicted octanol–water partition coefficient (Wildman–Crippen LogP) is 3.03. The van der Waals surface area contributed by atoms with Gasteiger partial charge in [0.25, 0.3) is 0 Å². The van der Waals surface area contributed by atoms with Gasteiger partial charge in [0.2, 0.25) is 5.88 Å². The second kappa shape index (κ2) is 5.66. The molecule has 1 aromatic heterocycles. The Morgan fingerprint density at radius 2 is 2.33 bits per heavy atom. The summed E-state index contributed by atoms with van der Waals surface area (Å²) in [5, 5.41) is 0. The number of nitrogens with zero attached hydrogens (tertiary/aromatic N) is 1. The molecule has 0 saturated heterocycles. The number of ether oxygens (including phenoxy) is 2. The van der Waals surface area contributed by atoms with Crippen molar-refractivity contribution in [3.8, 4) is 5.88 Å². The number of pyridine rings is 1. The van der Waals surface area contributed by atoms with Crippen molar-refractivity contribution in [2.75, 3.05) is 13.2 Å². The zero-order valence-corrected chi connectivity index (χ0v) is 12.9. The first kappa shape index (κ1) is 14.4. The first-order valence-corrected chi connectivity index (χ1v) is 8.00. The molecule has 3 rings (SSSR count). The van der Waals surface area contributed by atoms with Gasteiger partial charge in [0.05, 0.1) is 19.1 Å². The number of carbonyl (C=O) groups is 1. The van der Waals surface area contributed by atoms with Crippen LogP contribution >= 0.6 is 0 Å². The summed E-state index contributed by atoms with van der Waals surface area (Å²) in [5.74, 6) is 0.679. The van der Waals surface area contributed by atoms with Crippen molar-refractivity contribution in [2.45, 2.75) is 51.4 Å². The Bertz CT molecular complexity index is 543. The van der Waals surface area contributed by atoms with Gasteiger partial charge in [-0.25, -0.2) is 4.98 Å². The van der Waals surface area contributed by atoms with Gasteiger partial charge in [0.1, 0.15) is 0 Å². The van der Waals surface area contributed by atoms with Crippen LogP contribution in [0.3, 0.4) is 0 Å². The minimum atomic E-state index is -0.0457. The quantitative estimate of drug-likeness (QED) is 0.596. The SMILES string of the molecule is CCCCOc1cc2c(cn1)CCC21CC1C(=O)OCC. The maximum absolute atomic E-state index is 12.0. The fourth-order valence-electron chi connectivity index (χ4n) is 3.45. The lowest BCUT2D eigenvalue weighted by molar-refractivity contribution is -0.145. The van der Waals surface area contributed by atoms with E-state index in [-0.39, 0.29) is 17.3 Å². The van der Waals surface area contributed by atoms with E-state index in [9.17, 15) is 4.79 Å². The summed E-state index contributed by atoms with van der Waals surface area (Å²) < 4.78 is 10.9. The molecule has 1 fully saturated rings. The van der Waals surface area contributed by atoms with E-state index in [1.807, 2.05) is 13.1 Å². The number of carbonyl (C=O) groups excluding carboxylic acids is 1. The van der Waals surface area contributed by atoms with Crippen molar-refractivity contribution < 1.29 is 14.3 Å². The van der Waals surface area contributed by atoms with Crippen LogP contribution in [0, 0.1) is 5.92 Å². The number of hydrogen-bond acceptors (Lipinski definition) is 4. The van der Waals surface area contributed by atoms with E-state index >= 15 is 0 Å². The van der Waals surface area contributed by atoms with Gasteiger partial charge in [0.15, 0.2) is 0 Å². The van der Waals surface area contributed by atoms with Crippen LogP contribution in [0.25, 0.3) is 0 Å². The number of aryl methyl sites for hydroxylation is 1. The molecule has 1 spiro atoms. The van der Waals surface area contributed by atoms with Gasteiger partial charge in [-0.2, -0.15) is 0 Å². The van der Waals surface area contributed by atoms with Gasteiger partial charge in [-0.3, -0.25) is 4.79 Å². The maximum atomic E-state index is 12.0. The van der Waals surface area contributed by atoms with Crippen molar-refractivity contribution in [3.05, 3.63) is 23.4 Å². The lowest BCUT2D eigenvalue weighted by Crippen LogP contribution is -2.15. The van der Waals surface area contributed by atoms with E-state index in [1.165, 1.54) is 11.1 Å². The number of hydrogen-bond donors (Lipinski definition) is 0. The smallest absolute Gasteiger partial charge is 0.309 e. The maximum Gasteiger partial charge on any atom is 0.309 e. The van der Waals surface area contributed by atoms with Gasteiger partial charge >= 0.3 is 5.97 Å². The van der Waals surface area contributed by atoms with Crippen LogP contribution < -0.4 is 4.74 Å². The molecular formula is C17H23NO3. The zero-order valence-electron chi connectivity index (χ0n) is 12.9. The second-order valence-electron chi connectivity index (χ2n) is 6.05. The van der Waals surface area contributed by atoms with E-state index in [4.69, 9.17) is 9.47 Å². The average Bonchev–Trinajstić information content (AvgIpc) is 3.11. The van der Waals surface area contributed by atoms with E-state index < -0.39 is 0 Å². The molecule has 4 nitrogen and oxygen atoms in total. The van der Waals surface area contributed by atoms with Gasteiger partial charge < -0.3 is 9.47 Å². The topological polar surface area (TPSA) is 48.4 Å². The average molecular weight is 289 g/mol. The molecule has 2 atom stereocenters. The Morgan fingerprint density at radius 3 is 3.10 bits per heavy atom. The van der Waals surface area contributed by atoms with Crippen LogP contribution in [0.2, 0.25) is 0 Å². The molecule has 0 N–H and O–H groups in total. The molecule has 1 saturated carbocycles. The lowest BCUT2D eigenvalue weighted by atomic mass is 9.96. The third-order valence-corrected chi connectivity index (χ3v) is 4.73. The van der Waals surface area contributed by atoms with Gasteiger partial charge in [-0.1, -0.05) is 13.3 Å². The Hall–Kier alpha value is -1.58. The van der Waals surface area contributed by atoms with Crippen molar-refractivity contribution in [2.24, 2.45) is 5.92 Å². The molecule has 0 amide bonds. The Kier molecular flexibility index (Phi) is 3.87. The Balaban J connectivity index is 1.75. The highest BCUT2D eigenvalue weighted by molar-refractivity contribution is 5.80. The van der Waals surface area contributed by atoms with Crippen LogP contribution in [-0.4, -0.2) is 24.2 Å². The summed E-state index contributed by atoms with van der Waals surface area (Å²) in [7, 11) is 0. The fraction of sp³-hybridized carbons (Fsp3) is 0.647. The molecule has 4 heteroatoms. The molecule has 1 heterocycles.